The van der Waals surface area contributed by atoms with Crippen molar-refractivity contribution in [2.45, 2.75) is 53.0 Å². The molecule has 0 aliphatic carbocycles. The summed E-state index contributed by atoms with van der Waals surface area (Å²) in [6.45, 7) is 8.14. The highest BCUT2D eigenvalue weighted by Crippen LogP contribution is 2.27. The highest BCUT2D eigenvalue weighted by molar-refractivity contribution is 5.72. The van der Waals surface area contributed by atoms with Crippen LogP contribution >= 0.6 is 0 Å². The molecular weight excluding hydrogens is 220 g/mol. The summed E-state index contributed by atoms with van der Waals surface area (Å²) >= 11 is 0. The van der Waals surface area contributed by atoms with E-state index in [1.54, 1.807) is 0 Å². The number of carbonyl (C=O) groups is 2. The zero-order valence-electron chi connectivity index (χ0n) is 11.2. The molecule has 0 aromatic carbocycles. The smallest absolute Gasteiger partial charge is 0.404 e. The zero-order valence-corrected chi connectivity index (χ0v) is 11.2. The van der Waals surface area contributed by atoms with Crippen LogP contribution in [0.25, 0.3) is 0 Å². The third-order valence-electron chi connectivity index (χ3n) is 3.18. The summed E-state index contributed by atoms with van der Waals surface area (Å²) in [6, 6.07) is -0.0637. The van der Waals surface area contributed by atoms with E-state index in [1.165, 1.54) is 6.92 Å². The van der Waals surface area contributed by atoms with E-state index in [0.717, 1.165) is 19.3 Å². The van der Waals surface area contributed by atoms with Crippen molar-refractivity contribution in [1.82, 2.24) is 10.6 Å². The topological polar surface area (TPSA) is 78.4 Å². The Morgan fingerprint density at radius 2 is 1.94 bits per heavy atom. The van der Waals surface area contributed by atoms with Crippen molar-refractivity contribution in [3.8, 4) is 0 Å². The first-order chi connectivity index (χ1) is 7.83. The lowest BCUT2D eigenvalue weighted by atomic mass is 9.80. The molecule has 3 N–H and O–H groups in total. The van der Waals surface area contributed by atoms with E-state index in [-0.39, 0.29) is 17.4 Å². The molecule has 100 valence electrons. The van der Waals surface area contributed by atoms with Gasteiger partial charge in [-0.15, -0.1) is 0 Å². The Kier molecular flexibility index (Phi) is 6.61. The minimum absolute atomic E-state index is 0.0519. The Morgan fingerprint density at radius 1 is 1.35 bits per heavy atom. The molecular formula is C12H24N2O3. The first kappa shape index (κ1) is 15.7. The predicted molar refractivity (Wildman–Crippen MR) is 66.9 cm³/mol. The third-order valence-corrected chi connectivity index (χ3v) is 3.18. The Balaban J connectivity index is 4.41. The average Bonchev–Trinajstić information content (AvgIpc) is 2.25. The van der Waals surface area contributed by atoms with Gasteiger partial charge in [0.2, 0.25) is 5.91 Å². The molecule has 2 unspecified atom stereocenters. The minimum atomic E-state index is -0.991. The monoisotopic (exact) mass is 244 g/mol. The molecule has 0 aliphatic heterocycles. The Morgan fingerprint density at radius 3 is 2.29 bits per heavy atom. The number of amides is 2. The van der Waals surface area contributed by atoms with Crippen LogP contribution in [0.2, 0.25) is 0 Å². The lowest BCUT2D eigenvalue weighted by Gasteiger charge is -2.32. The van der Waals surface area contributed by atoms with Gasteiger partial charge in [-0.2, -0.15) is 0 Å². The summed E-state index contributed by atoms with van der Waals surface area (Å²) in [5, 5.41) is 14.0. The van der Waals surface area contributed by atoms with Gasteiger partial charge in [0.15, 0.2) is 0 Å². The van der Waals surface area contributed by atoms with Crippen LogP contribution in [0, 0.1) is 5.41 Å². The van der Waals surface area contributed by atoms with Crippen LogP contribution in [-0.4, -0.2) is 29.7 Å². The standard InChI is InChI=1S/C12H24N2O3/c1-5-10(14-11(16)17)7-12(4,6-2)8-13-9(3)15/h10,14H,5-8H2,1-4H3,(H,13,15)(H,16,17). The van der Waals surface area contributed by atoms with Crippen LogP contribution in [0.4, 0.5) is 4.79 Å². The van der Waals surface area contributed by atoms with E-state index < -0.39 is 6.09 Å². The summed E-state index contributed by atoms with van der Waals surface area (Å²) < 4.78 is 0. The van der Waals surface area contributed by atoms with Crippen molar-refractivity contribution in [3.05, 3.63) is 0 Å². The molecule has 2 amide bonds. The average molecular weight is 244 g/mol. The Hall–Kier alpha value is -1.26. The first-order valence-corrected chi connectivity index (χ1v) is 6.07. The van der Waals surface area contributed by atoms with Crippen molar-refractivity contribution in [1.29, 1.82) is 0 Å². The lowest BCUT2D eigenvalue weighted by molar-refractivity contribution is -0.119. The van der Waals surface area contributed by atoms with Gasteiger partial charge in [-0.25, -0.2) is 4.79 Å². The predicted octanol–water partition coefficient (Wildman–Crippen LogP) is 1.98. The molecule has 0 fully saturated rings. The molecule has 2 atom stereocenters. The normalized spacial score (nSPS) is 15.8. The lowest BCUT2D eigenvalue weighted by Crippen LogP contribution is -2.42. The van der Waals surface area contributed by atoms with E-state index in [1.807, 2.05) is 6.92 Å². The number of carboxylic acid groups (broad SMARTS) is 1. The van der Waals surface area contributed by atoms with E-state index in [0.29, 0.717) is 6.54 Å². The molecule has 0 aromatic rings. The van der Waals surface area contributed by atoms with Crippen LogP contribution < -0.4 is 10.6 Å². The second-order valence-corrected chi connectivity index (χ2v) is 4.83. The summed E-state index contributed by atoms with van der Waals surface area (Å²) in [4.78, 5) is 21.5. The third kappa shape index (κ3) is 6.81. The quantitative estimate of drug-likeness (QED) is 0.640. The van der Waals surface area contributed by atoms with Crippen LogP contribution in [0.1, 0.15) is 47.0 Å². The highest BCUT2D eigenvalue weighted by atomic mass is 16.4. The van der Waals surface area contributed by atoms with Crippen molar-refractivity contribution in [2.24, 2.45) is 5.41 Å². The fourth-order valence-corrected chi connectivity index (χ4v) is 1.75. The van der Waals surface area contributed by atoms with Gasteiger partial charge in [0.1, 0.15) is 0 Å². The van der Waals surface area contributed by atoms with Crippen LogP contribution in [0.15, 0.2) is 0 Å². The number of hydrogen-bond donors (Lipinski definition) is 3. The van der Waals surface area contributed by atoms with Gasteiger partial charge in [-0.05, 0) is 24.7 Å². The molecule has 0 radical (unpaired) electrons. The van der Waals surface area contributed by atoms with Gasteiger partial charge >= 0.3 is 6.09 Å². The molecule has 5 heteroatoms. The van der Waals surface area contributed by atoms with Crippen molar-refractivity contribution < 1.29 is 14.7 Å². The SMILES string of the molecule is CCC(CC(C)(CC)CNC(C)=O)NC(=O)O. The molecule has 0 bridgehead atoms. The number of nitrogens with one attached hydrogen (secondary N) is 2. The highest BCUT2D eigenvalue weighted by Gasteiger charge is 2.26. The fraction of sp³-hybridized carbons (Fsp3) is 0.833. The van der Waals surface area contributed by atoms with Crippen molar-refractivity contribution in [2.75, 3.05) is 6.54 Å². The Bertz CT molecular complexity index is 268. The number of carbonyl (C=O) groups excluding carboxylic acids is 1. The summed E-state index contributed by atoms with van der Waals surface area (Å²) in [5.74, 6) is -0.0519. The minimum Gasteiger partial charge on any atom is -0.465 e. The van der Waals surface area contributed by atoms with Gasteiger partial charge in [-0.3, -0.25) is 4.79 Å². The Labute approximate surface area is 103 Å². The van der Waals surface area contributed by atoms with Gasteiger partial charge in [-0.1, -0.05) is 20.8 Å². The molecule has 0 saturated heterocycles. The van der Waals surface area contributed by atoms with E-state index in [4.69, 9.17) is 5.11 Å². The van der Waals surface area contributed by atoms with Gasteiger partial charge in [0.25, 0.3) is 0 Å². The maximum absolute atomic E-state index is 10.9. The van der Waals surface area contributed by atoms with Crippen LogP contribution in [0.5, 0.6) is 0 Å². The molecule has 0 aliphatic rings. The van der Waals surface area contributed by atoms with Crippen molar-refractivity contribution >= 4 is 12.0 Å². The molecule has 0 aromatic heterocycles. The van der Waals surface area contributed by atoms with E-state index >= 15 is 0 Å². The maximum Gasteiger partial charge on any atom is 0.404 e. The summed E-state index contributed by atoms with van der Waals surface area (Å²) in [6.07, 6.45) is 1.38. The number of hydrogen-bond acceptors (Lipinski definition) is 2. The van der Waals surface area contributed by atoms with Crippen LogP contribution in [0.3, 0.4) is 0 Å². The van der Waals surface area contributed by atoms with E-state index in [2.05, 4.69) is 24.5 Å². The molecule has 0 rings (SSSR count). The van der Waals surface area contributed by atoms with Gasteiger partial charge < -0.3 is 15.7 Å². The number of rotatable bonds is 7. The molecule has 0 heterocycles. The van der Waals surface area contributed by atoms with Crippen molar-refractivity contribution in [3.63, 3.8) is 0 Å². The summed E-state index contributed by atoms with van der Waals surface area (Å²) in [5.41, 5.74) is -0.0746. The molecule has 5 nitrogen and oxygen atoms in total. The van der Waals surface area contributed by atoms with E-state index in [9.17, 15) is 9.59 Å². The maximum atomic E-state index is 10.9. The molecule has 0 spiro atoms. The van der Waals surface area contributed by atoms with Gasteiger partial charge in [0.05, 0.1) is 0 Å². The van der Waals surface area contributed by atoms with Crippen LogP contribution in [-0.2, 0) is 4.79 Å². The first-order valence-electron chi connectivity index (χ1n) is 6.07. The fourth-order valence-electron chi connectivity index (χ4n) is 1.75. The second kappa shape index (κ2) is 7.14. The molecule has 17 heavy (non-hydrogen) atoms. The summed E-state index contributed by atoms with van der Waals surface area (Å²) in [7, 11) is 0. The largest absolute Gasteiger partial charge is 0.465 e. The van der Waals surface area contributed by atoms with Gasteiger partial charge in [0, 0.05) is 19.5 Å². The zero-order chi connectivity index (χ0) is 13.5. The second-order valence-electron chi connectivity index (χ2n) is 4.83. The molecule has 0 saturated carbocycles.